The second kappa shape index (κ2) is 64.3. The maximum atomic E-state index is 12.9. The summed E-state index contributed by atoms with van der Waals surface area (Å²) in [6.07, 6.45) is 73.6. The van der Waals surface area contributed by atoms with Crippen molar-refractivity contribution >= 4 is 17.9 Å². The van der Waals surface area contributed by atoms with E-state index in [-0.39, 0.29) is 32.2 Å². The minimum absolute atomic E-state index is 0.154. The van der Waals surface area contributed by atoms with Crippen LogP contribution in [0.1, 0.15) is 386 Å². The smallest absolute Gasteiger partial charge is 0.306 e. The van der Waals surface area contributed by atoms with E-state index in [1.165, 1.54) is 321 Å². The van der Waals surface area contributed by atoms with E-state index in [4.69, 9.17) is 18.9 Å². The molecule has 0 aliphatic heterocycles. The maximum absolute atomic E-state index is 12.9. The largest absolute Gasteiger partial charge is 0.545 e. The molecule has 0 fully saturated rings. The number of carbonyl (C=O) groups excluding carboxylic acids is 3. The van der Waals surface area contributed by atoms with Gasteiger partial charge in [-0.15, -0.1) is 0 Å². The second-order valence-electron chi connectivity index (χ2n) is 26.3. The van der Waals surface area contributed by atoms with Gasteiger partial charge in [-0.2, -0.15) is 0 Å². The minimum Gasteiger partial charge on any atom is -0.545 e. The van der Waals surface area contributed by atoms with Crippen molar-refractivity contribution in [2.75, 3.05) is 47.5 Å². The lowest BCUT2D eigenvalue weighted by Gasteiger charge is -2.26. The van der Waals surface area contributed by atoms with E-state index in [0.717, 1.165) is 38.5 Å². The molecule has 2 unspecified atom stereocenters. The number of hydrogen-bond acceptors (Lipinski definition) is 8. The normalized spacial score (nSPS) is 12.6. The highest BCUT2D eigenvalue weighted by Crippen LogP contribution is 2.20. The zero-order chi connectivity index (χ0) is 59.1. The number of unbranched alkanes of at least 4 members (excludes halogenated alkanes) is 54. The van der Waals surface area contributed by atoms with E-state index < -0.39 is 24.3 Å². The van der Waals surface area contributed by atoms with E-state index >= 15 is 0 Å². The molecule has 0 spiro atoms. The Kier molecular flexibility index (Phi) is 62.9. The van der Waals surface area contributed by atoms with E-state index in [1.807, 2.05) is 21.1 Å². The molecule has 0 saturated carbocycles. The van der Waals surface area contributed by atoms with Crippen LogP contribution in [-0.2, 0) is 33.3 Å². The van der Waals surface area contributed by atoms with Crippen LogP contribution in [0.25, 0.3) is 0 Å². The van der Waals surface area contributed by atoms with E-state index in [9.17, 15) is 19.5 Å². The van der Waals surface area contributed by atoms with E-state index in [1.54, 1.807) is 0 Å². The summed E-state index contributed by atoms with van der Waals surface area (Å²) >= 11 is 0. The molecular weight excluding hydrogens is 1010 g/mol. The Bertz CT molecular complexity index is 1290. The molecule has 0 bridgehead atoms. The third-order valence-corrected chi connectivity index (χ3v) is 16.9. The molecule has 81 heavy (non-hydrogen) atoms. The van der Waals surface area contributed by atoms with Crippen molar-refractivity contribution in [1.82, 2.24) is 0 Å². The molecule has 0 rings (SSSR count). The number of carboxylic acid groups (broad SMARTS) is 1. The lowest BCUT2D eigenvalue weighted by Crippen LogP contribution is -2.44. The van der Waals surface area contributed by atoms with Gasteiger partial charge in [0.05, 0.1) is 40.3 Å². The van der Waals surface area contributed by atoms with Crippen LogP contribution in [-0.4, -0.2) is 82.3 Å². The van der Waals surface area contributed by atoms with Gasteiger partial charge in [0.1, 0.15) is 13.2 Å². The first kappa shape index (κ1) is 79.3. The Balaban J connectivity index is 3.94. The van der Waals surface area contributed by atoms with Crippen LogP contribution >= 0.6 is 0 Å². The van der Waals surface area contributed by atoms with Gasteiger partial charge in [-0.1, -0.05) is 361 Å². The molecule has 0 aromatic carbocycles. The SMILES string of the molecule is CCCCCCCCCCCCCCCCCCCCCCCCCCCCCCCCCCCCCCCC(=O)OC(COC(=O)CCCCCCCCCCCCCCCCCCCCC)COC(OCC[N+](C)(C)C)C(=O)[O-]. The highest BCUT2D eigenvalue weighted by atomic mass is 16.7. The summed E-state index contributed by atoms with van der Waals surface area (Å²) in [6, 6.07) is 0. The lowest BCUT2D eigenvalue weighted by molar-refractivity contribution is -0.870. The predicted octanol–water partition coefficient (Wildman–Crippen LogP) is 20.9. The zero-order valence-corrected chi connectivity index (χ0v) is 55.2. The number of quaternary nitrogens is 1. The molecule has 2 atom stereocenters. The second-order valence-corrected chi connectivity index (χ2v) is 26.3. The number of hydrogen-bond donors (Lipinski definition) is 0. The van der Waals surface area contributed by atoms with Crippen LogP contribution in [0.5, 0.6) is 0 Å². The van der Waals surface area contributed by atoms with Gasteiger partial charge >= 0.3 is 11.9 Å². The van der Waals surface area contributed by atoms with Crippen LogP contribution in [0, 0.1) is 0 Å². The average Bonchev–Trinajstić information content (AvgIpc) is 3.44. The van der Waals surface area contributed by atoms with Gasteiger partial charge in [0, 0.05) is 12.8 Å². The summed E-state index contributed by atoms with van der Waals surface area (Å²) in [5, 5.41) is 11.8. The Morgan fingerprint density at radius 3 is 0.790 bits per heavy atom. The number of nitrogens with zero attached hydrogens (tertiary/aromatic N) is 1. The number of ether oxygens (including phenoxy) is 4. The van der Waals surface area contributed by atoms with Gasteiger partial charge in [-0.05, 0) is 12.8 Å². The highest BCUT2D eigenvalue weighted by molar-refractivity contribution is 5.70. The fourth-order valence-electron chi connectivity index (χ4n) is 11.3. The van der Waals surface area contributed by atoms with Gasteiger partial charge < -0.3 is 33.3 Å². The zero-order valence-electron chi connectivity index (χ0n) is 55.2. The Morgan fingerprint density at radius 1 is 0.321 bits per heavy atom. The first-order chi connectivity index (χ1) is 39.6. The standard InChI is InChI=1S/C72H141NO8/c1-6-8-10-12-14-16-18-20-22-24-26-27-28-29-30-31-32-33-34-35-36-37-38-39-40-41-42-43-45-47-49-51-53-55-57-59-61-63-70(75)81-68(67-80-72(71(76)77)78-65-64-73(3,4)5)66-79-69(74)62-60-58-56-54-52-50-48-46-44-25-23-21-19-17-15-13-11-9-7-2/h68,72H,6-67H2,1-5H3. The molecule has 0 aliphatic carbocycles. The fourth-order valence-corrected chi connectivity index (χ4v) is 11.3. The van der Waals surface area contributed by atoms with Crippen LogP contribution in [0.3, 0.4) is 0 Å². The molecule has 0 radical (unpaired) electrons. The lowest BCUT2D eigenvalue weighted by atomic mass is 10.0. The van der Waals surface area contributed by atoms with E-state index in [2.05, 4.69) is 13.8 Å². The molecule has 0 heterocycles. The van der Waals surface area contributed by atoms with E-state index in [0.29, 0.717) is 17.4 Å². The minimum atomic E-state index is -1.62. The van der Waals surface area contributed by atoms with Crippen LogP contribution in [0.2, 0.25) is 0 Å². The first-order valence-electron chi connectivity index (χ1n) is 36.2. The number of rotatable bonds is 69. The maximum Gasteiger partial charge on any atom is 0.306 e. The number of carbonyl (C=O) groups is 3. The molecule has 0 aliphatic rings. The Labute approximate surface area is 504 Å². The number of aliphatic carboxylic acids is 1. The van der Waals surface area contributed by atoms with Gasteiger partial charge in [0.25, 0.3) is 0 Å². The molecular formula is C72H141NO8. The van der Waals surface area contributed by atoms with Crippen molar-refractivity contribution in [3.63, 3.8) is 0 Å². The first-order valence-corrected chi connectivity index (χ1v) is 36.2. The molecule has 9 heteroatoms. The molecule has 0 N–H and O–H groups in total. The van der Waals surface area contributed by atoms with Crippen LogP contribution in [0.15, 0.2) is 0 Å². The fraction of sp³-hybridized carbons (Fsp3) is 0.958. The molecule has 0 saturated heterocycles. The Hall–Kier alpha value is -1.71. The van der Waals surface area contributed by atoms with Crippen molar-refractivity contribution < 1.29 is 42.9 Å². The number of carboxylic acids is 1. The van der Waals surface area contributed by atoms with Crippen molar-refractivity contribution in [3.05, 3.63) is 0 Å². The van der Waals surface area contributed by atoms with Crippen LogP contribution in [0.4, 0.5) is 0 Å². The monoisotopic (exact) mass is 1150 g/mol. The van der Waals surface area contributed by atoms with Crippen molar-refractivity contribution in [1.29, 1.82) is 0 Å². The summed E-state index contributed by atoms with van der Waals surface area (Å²) in [6.45, 7) is 4.84. The molecule has 9 nitrogen and oxygen atoms in total. The average molecular weight is 1150 g/mol. The molecule has 0 aromatic heterocycles. The summed E-state index contributed by atoms with van der Waals surface area (Å²) in [7, 11) is 5.95. The topological polar surface area (TPSA) is 111 Å². The summed E-state index contributed by atoms with van der Waals surface area (Å²) < 4.78 is 22.8. The third-order valence-electron chi connectivity index (χ3n) is 16.9. The highest BCUT2D eigenvalue weighted by Gasteiger charge is 2.22. The van der Waals surface area contributed by atoms with Gasteiger partial charge in [-0.3, -0.25) is 9.59 Å². The quantitative estimate of drug-likeness (QED) is 0.0256. The number of esters is 2. The predicted molar refractivity (Wildman–Crippen MR) is 344 cm³/mol. The third kappa shape index (κ3) is 65.7. The summed E-state index contributed by atoms with van der Waals surface area (Å²) in [5.74, 6) is -2.24. The summed E-state index contributed by atoms with van der Waals surface area (Å²) in [4.78, 5) is 37.4. The van der Waals surface area contributed by atoms with Gasteiger partial charge in [-0.25, -0.2) is 0 Å². The van der Waals surface area contributed by atoms with Gasteiger partial charge in [0.15, 0.2) is 12.4 Å². The number of likely N-dealkylation sites (N-methyl/N-ethyl adjacent to an activating group) is 1. The molecule has 0 aromatic rings. The van der Waals surface area contributed by atoms with Gasteiger partial charge in [0.2, 0.25) is 0 Å². The Morgan fingerprint density at radius 2 is 0.556 bits per heavy atom. The molecule has 0 amide bonds. The molecule has 482 valence electrons. The van der Waals surface area contributed by atoms with Crippen molar-refractivity contribution in [3.8, 4) is 0 Å². The van der Waals surface area contributed by atoms with Crippen molar-refractivity contribution in [2.24, 2.45) is 0 Å². The van der Waals surface area contributed by atoms with Crippen LogP contribution < -0.4 is 5.11 Å². The summed E-state index contributed by atoms with van der Waals surface area (Å²) in [5.41, 5.74) is 0. The van der Waals surface area contributed by atoms with Crippen molar-refractivity contribution in [2.45, 2.75) is 399 Å².